The Balaban J connectivity index is 1.98. The molecule has 9 heteroatoms. The van der Waals surface area contributed by atoms with Crippen molar-refractivity contribution in [2.45, 2.75) is 97.8 Å². The molecule has 0 heterocycles. The van der Waals surface area contributed by atoms with Gasteiger partial charge in [0.1, 0.15) is 39.6 Å². The molecule has 0 aromatic heterocycles. The molecule has 9 nitrogen and oxygen atoms in total. The van der Waals surface area contributed by atoms with Crippen molar-refractivity contribution >= 4 is 32.3 Å². The van der Waals surface area contributed by atoms with Gasteiger partial charge in [-0.2, -0.15) is 0 Å². The predicted octanol–water partition coefficient (Wildman–Crippen LogP) is 12.6. The van der Waals surface area contributed by atoms with Gasteiger partial charge < -0.3 is 42.6 Å². The molecule has 0 aliphatic rings. The Morgan fingerprint density at radius 1 is 0.316 bits per heavy atom. The number of hydrogen-bond donors (Lipinski definition) is 0. The lowest BCUT2D eigenvalue weighted by Crippen LogP contribution is -2.08. The zero-order valence-corrected chi connectivity index (χ0v) is 34.8. The molecule has 0 spiro atoms. The van der Waals surface area contributed by atoms with Crippen LogP contribution in [0.1, 0.15) is 97.8 Å². The highest BCUT2D eigenvalue weighted by Crippen LogP contribution is 2.47. The number of rotatable bonds is 33. The summed E-state index contributed by atoms with van der Waals surface area (Å²) in [5.74, 6) is 3.93. The van der Waals surface area contributed by atoms with E-state index in [0.29, 0.717) is 94.0 Å². The number of hydrogen-bond acceptors (Lipinski definition) is 9. The Morgan fingerprint density at radius 3 is 0.754 bits per heavy atom. The van der Waals surface area contributed by atoms with Gasteiger partial charge in [0, 0.05) is 0 Å². The Bertz CT molecular complexity index is 1820. The maximum Gasteiger partial charge on any atom is 0.162 e. The largest absolute Gasteiger partial charge is 0.498 e. The third kappa shape index (κ3) is 13.9. The van der Waals surface area contributed by atoms with E-state index in [1.54, 1.807) is 0 Å². The Kier molecular flexibility index (Phi) is 20.5. The summed E-state index contributed by atoms with van der Waals surface area (Å²) < 4.78 is 54.8. The highest BCUT2D eigenvalue weighted by molar-refractivity contribution is 6.26. The first-order valence-corrected chi connectivity index (χ1v) is 21.1. The molecule has 0 amide bonds. The van der Waals surface area contributed by atoms with Crippen LogP contribution < -0.4 is 28.4 Å². The summed E-state index contributed by atoms with van der Waals surface area (Å²) in [4.78, 5) is 0. The lowest BCUT2D eigenvalue weighted by molar-refractivity contribution is 0.174. The van der Waals surface area contributed by atoms with Crippen molar-refractivity contribution in [2.24, 2.45) is 0 Å². The molecular formula is C48H66O9. The van der Waals surface area contributed by atoms with Gasteiger partial charge in [0.2, 0.25) is 0 Å². The van der Waals surface area contributed by atoms with Crippen LogP contribution in [-0.2, 0) is 14.2 Å². The minimum Gasteiger partial charge on any atom is -0.498 e. The highest BCUT2D eigenvalue weighted by Gasteiger charge is 2.20. The molecule has 0 atom stereocenters. The maximum absolute atomic E-state index is 6.51. The van der Waals surface area contributed by atoms with Gasteiger partial charge >= 0.3 is 0 Å². The molecule has 4 rings (SSSR count). The maximum atomic E-state index is 6.51. The molecule has 0 radical (unpaired) electrons. The van der Waals surface area contributed by atoms with Gasteiger partial charge in [0.15, 0.2) is 34.5 Å². The van der Waals surface area contributed by atoms with E-state index in [9.17, 15) is 0 Å². The van der Waals surface area contributed by atoms with Gasteiger partial charge in [-0.3, -0.25) is 0 Å². The molecule has 0 bridgehead atoms. The smallest absolute Gasteiger partial charge is 0.162 e. The summed E-state index contributed by atoms with van der Waals surface area (Å²) in [5, 5.41) is 5.88. The second-order valence-electron chi connectivity index (χ2n) is 13.9. The van der Waals surface area contributed by atoms with E-state index in [1.165, 1.54) is 31.6 Å². The second-order valence-corrected chi connectivity index (χ2v) is 13.9. The Morgan fingerprint density at radius 2 is 0.544 bits per heavy atom. The topological polar surface area (TPSA) is 83.1 Å². The quantitative estimate of drug-likeness (QED) is 0.0266. The number of unbranched alkanes of at least 4 members (excludes halogenated alkanes) is 9. The summed E-state index contributed by atoms with van der Waals surface area (Å²) >= 11 is 0. The van der Waals surface area contributed by atoms with Gasteiger partial charge in [-0.05, 0) is 88.0 Å². The van der Waals surface area contributed by atoms with Gasteiger partial charge in [0.25, 0.3) is 0 Å². The first kappa shape index (κ1) is 44.8. The zero-order valence-electron chi connectivity index (χ0n) is 34.8. The van der Waals surface area contributed by atoms with Crippen molar-refractivity contribution in [3.8, 4) is 34.5 Å². The summed E-state index contributed by atoms with van der Waals surface area (Å²) in [6.07, 6.45) is 17.4. The van der Waals surface area contributed by atoms with Crippen LogP contribution in [0.25, 0.3) is 32.3 Å². The molecule has 0 aliphatic carbocycles. The zero-order chi connectivity index (χ0) is 40.5. The van der Waals surface area contributed by atoms with Crippen LogP contribution in [-0.4, -0.2) is 59.5 Å². The van der Waals surface area contributed by atoms with Crippen molar-refractivity contribution < 1.29 is 42.6 Å². The van der Waals surface area contributed by atoms with Crippen LogP contribution in [0.5, 0.6) is 34.5 Å². The monoisotopic (exact) mass is 786 g/mol. The highest BCUT2D eigenvalue weighted by atomic mass is 16.6. The lowest BCUT2D eigenvalue weighted by atomic mass is 9.93. The van der Waals surface area contributed by atoms with Crippen LogP contribution in [0, 0.1) is 0 Å². The Hall–Kier alpha value is -4.92. The van der Waals surface area contributed by atoms with E-state index in [1.807, 2.05) is 0 Å². The van der Waals surface area contributed by atoms with E-state index in [4.69, 9.17) is 42.6 Å². The fourth-order valence-corrected chi connectivity index (χ4v) is 6.68. The standard InChI is InChI=1S/C48H66O9/c1-7-13-16-19-22-52-43-31-37-38-32-44(53-23-20-17-14-8-2)47(56-29-26-50-11-5)35-41(38)42-36-48(57-30-27-51-12-6)45(54-24-21-18-15-9-3)33-39(42)40(37)34-46(43)55-28-25-49-10-4/h10-12,31-36H,4-9,13-30H2,1-3H3. The fraction of sp³-hybridized carbons (Fsp3) is 0.500. The third-order valence-electron chi connectivity index (χ3n) is 9.62. The molecule has 4 aromatic carbocycles. The van der Waals surface area contributed by atoms with Crippen molar-refractivity contribution in [1.82, 2.24) is 0 Å². The van der Waals surface area contributed by atoms with Crippen LogP contribution in [0.15, 0.2) is 74.9 Å². The minimum atomic E-state index is 0.326. The molecule has 0 N–H and O–H groups in total. The van der Waals surface area contributed by atoms with Gasteiger partial charge in [-0.25, -0.2) is 0 Å². The number of fused-ring (bicyclic) bond motifs is 6. The van der Waals surface area contributed by atoms with Crippen molar-refractivity contribution in [3.05, 3.63) is 74.9 Å². The average Bonchev–Trinajstić information content (AvgIpc) is 3.22. The minimum absolute atomic E-state index is 0.326. The van der Waals surface area contributed by atoms with Crippen LogP contribution in [0.3, 0.4) is 0 Å². The summed E-state index contributed by atoms with van der Waals surface area (Å²) in [6, 6.07) is 12.5. The van der Waals surface area contributed by atoms with Crippen molar-refractivity contribution in [3.63, 3.8) is 0 Å². The summed E-state index contributed by atoms with van der Waals surface area (Å²) in [6.45, 7) is 21.5. The van der Waals surface area contributed by atoms with E-state index in [-0.39, 0.29) is 0 Å². The molecule has 0 saturated carbocycles. The fourth-order valence-electron chi connectivity index (χ4n) is 6.68. The van der Waals surface area contributed by atoms with Gasteiger partial charge in [-0.1, -0.05) is 98.3 Å². The van der Waals surface area contributed by atoms with Crippen molar-refractivity contribution in [1.29, 1.82) is 0 Å². The first-order chi connectivity index (χ1) is 28.1. The molecule has 0 unspecified atom stereocenters. The van der Waals surface area contributed by atoms with Gasteiger partial charge in [-0.15, -0.1) is 0 Å². The molecule has 57 heavy (non-hydrogen) atoms. The first-order valence-electron chi connectivity index (χ1n) is 21.1. The molecular weight excluding hydrogens is 721 g/mol. The molecule has 0 fully saturated rings. The van der Waals surface area contributed by atoms with Crippen LogP contribution in [0.2, 0.25) is 0 Å². The van der Waals surface area contributed by atoms with E-state index in [0.717, 1.165) is 96.5 Å². The van der Waals surface area contributed by atoms with E-state index in [2.05, 4.69) is 76.9 Å². The van der Waals surface area contributed by atoms with Gasteiger partial charge in [0.05, 0.1) is 38.6 Å². The summed E-state index contributed by atoms with van der Waals surface area (Å²) in [7, 11) is 0. The van der Waals surface area contributed by atoms with E-state index >= 15 is 0 Å². The number of ether oxygens (including phenoxy) is 9. The second kappa shape index (κ2) is 26.1. The molecule has 0 aliphatic heterocycles. The SMILES string of the molecule is C=COCCOc1cc2c(cc1OCCCCCC)c1cc(OCCCCCC)c(OCCOC=C)cc1c1cc(OCCOC=C)c(OCCCCCC)cc21. The lowest BCUT2D eigenvalue weighted by Gasteiger charge is -2.20. The summed E-state index contributed by atoms with van der Waals surface area (Å²) in [5.41, 5.74) is 0. The third-order valence-corrected chi connectivity index (χ3v) is 9.62. The molecule has 4 aromatic rings. The van der Waals surface area contributed by atoms with Crippen LogP contribution >= 0.6 is 0 Å². The molecule has 312 valence electrons. The Labute approximate surface area is 340 Å². The number of benzene rings is 4. The van der Waals surface area contributed by atoms with Crippen molar-refractivity contribution in [2.75, 3.05) is 59.5 Å². The van der Waals surface area contributed by atoms with Crippen LogP contribution in [0.4, 0.5) is 0 Å². The predicted molar refractivity (Wildman–Crippen MR) is 233 cm³/mol. The average molecular weight is 787 g/mol. The molecule has 0 saturated heterocycles. The normalized spacial score (nSPS) is 11.0. The van der Waals surface area contributed by atoms with E-state index < -0.39 is 0 Å².